The van der Waals surface area contributed by atoms with Gasteiger partial charge in [-0.15, -0.1) is 0 Å². The van der Waals surface area contributed by atoms with E-state index in [1.165, 1.54) is 24.9 Å². The molecule has 0 bridgehead atoms. The third kappa shape index (κ3) is 18.6. The lowest BCUT2D eigenvalue weighted by Crippen LogP contribution is -2.50. The van der Waals surface area contributed by atoms with Crippen molar-refractivity contribution in [1.82, 2.24) is 86.8 Å². The maximum Gasteiger partial charge on any atom is 0.258 e. The smallest absolute Gasteiger partial charge is 0.258 e. The largest absolute Gasteiger partial charge is 0.493 e. The van der Waals surface area contributed by atoms with Crippen LogP contribution in [0.15, 0.2) is 159 Å². The topological polar surface area (TPSA) is 275 Å². The fourth-order valence-corrected chi connectivity index (χ4v) is 18.1. The van der Waals surface area contributed by atoms with Crippen molar-refractivity contribution in [3.8, 4) is 68.3 Å². The molecule has 0 spiro atoms. The molecular formula is C95H113N21O9. The number of aryl methyl sites for hydroxylation is 7. The number of piperidine rings is 2. The van der Waals surface area contributed by atoms with Crippen LogP contribution in [0.3, 0.4) is 0 Å². The summed E-state index contributed by atoms with van der Waals surface area (Å²) >= 11 is 0. The van der Waals surface area contributed by atoms with Crippen molar-refractivity contribution in [3.63, 3.8) is 0 Å². The Hall–Kier alpha value is -12.5. The number of fused-ring (bicyclic) bond motifs is 7. The van der Waals surface area contributed by atoms with Crippen LogP contribution in [0.5, 0.6) is 23.0 Å². The fourth-order valence-electron chi connectivity index (χ4n) is 18.1. The molecule has 0 radical (unpaired) electrons. The van der Waals surface area contributed by atoms with Gasteiger partial charge in [-0.3, -0.25) is 51.6 Å². The molecule has 14 aromatic rings. The molecule has 12 aromatic heterocycles. The maximum atomic E-state index is 13.2. The van der Waals surface area contributed by atoms with Crippen LogP contribution in [0.4, 0.5) is 17.1 Å². The number of benzene rings is 2. The zero-order valence-corrected chi connectivity index (χ0v) is 74.2. The van der Waals surface area contributed by atoms with Gasteiger partial charge in [0.15, 0.2) is 23.0 Å². The van der Waals surface area contributed by atoms with Crippen LogP contribution in [0.25, 0.3) is 78.9 Å². The fraction of sp³-hybridized carbons (Fsp3) is 0.411. The Labute approximate surface area is 726 Å². The number of hydrogen-bond acceptors (Lipinski definition) is 24. The van der Waals surface area contributed by atoms with Crippen molar-refractivity contribution in [1.29, 1.82) is 0 Å². The first kappa shape index (κ1) is 86.1. The van der Waals surface area contributed by atoms with Gasteiger partial charge in [0.1, 0.15) is 34.0 Å². The van der Waals surface area contributed by atoms with Gasteiger partial charge in [-0.25, -0.2) is 29.0 Å². The van der Waals surface area contributed by atoms with Gasteiger partial charge in [0, 0.05) is 145 Å². The summed E-state index contributed by atoms with van der Waals surface area (Å²) in [5, 5.41) is 12.8. The molecule has 5 fully saturated rings. The highest BCUT2D eigenvalue weighted by Crippen LogP contribution is 2.36. The monoisotopic (exact) mass is 1690 g/mol. The van der Waals surface area contributed by atoms with E-state index in [4.69, 9.17) is 43.6 Å². The molecule has 0 saturated carbocycles. The van der Waals surface area contributed by atoms with Crippen LogP contribution in [-0.2, 0) is 11.2 Å². The number of nitrogens with zero attached hydrogens (tertiary/aromatic N) is 20. The van der Waals surface area contributed by atoms with Crippen LogP contribution in [-0.4, -0.2) is 234 Å². The summed E-state index contributed by atoms with van der Waals surface area (Å²) in [7, 11) is 10.3. The number of hydrogen-bond donors (Lipinski definition) is 1. The number of aromatic nitrogens is 14. The number of methoxy groups -OCH3 is 5. The minimum Gasteiger partial charge on any atom is -0.493 e. The highest BCUT2D eigenvalue weighted by Gasteiger charge is 2.32. The Morgan fingerprint density at radius 2 is 0.928 bits per heavy atom. The van der Waals surface area contributed by atoms with Crippen molar-refractivity contribution in [3.05, 3.63) is 227 Å². The van der Waals surface area contributed by atoms with Gasteiger partial charge in [-0.05, 0) is 221 Å². The Kier molecular flexibility index (Phi) is 25.8. The lowest BCUT2D eigenvalue weighted by Gasteiger charge is -2.39. The number of nitrogens with one attached hydrogen (secondary N) is 1. The first-order chi connectivity index (χ1) is 60.5. The Morgan fingerprint density at radius 3 is 1.46 bits per heavy atom. The zero-order chi connectivity index (χ0) is 87.4. The average molecular weight is 1690 g/mol. The van der Waals surface area contributed by atoms with Crippen LogP contribution in [0.1, 0.15) is 103 Å². The number of likely N-dealkylation sites (tertiary alicyclic amines) is 1. The maximum absolute atomic E-state index is 13.2. The number of anilines is 3. The number of pyridine rings is 4. The normalized spacial score (nSPS) is 16.2. The lowest BCUT2D eigenvalue weighted by molar-refractivity contribution is 0.193. The Balaban J connectivity index is 0.000000123. The van der Waals surface area contributed by atoms with Gasteiger partial charge in [0.05, 0.1) is 121 Å². The second kappa shape index (κ2) is 37.5. The van der Waals surface area contributed by atoms with Gasteiger partial charge < -0.3 is 53.5 Å². The quantitative estimate of drug-likeness (QED) is 0.0782. The molecule has 5 saturated heterocycles. The van der Waals surface area contributed by atoms with Crippen molar-refractivity contribution in [2.24, 2.45) is 0 Å². The average Bonchev–Trinajstić information content (AvgIpc) is 1.72. The minimum absolute atomic E-state index is 0.0733. The van der Waals surface area contributed by atoms with E-state index in [0.717, 1.165) is 202 Å². The highest BCUT2D eigenvalue weighted by atomic mass is 16.5. The summed E-state index contributed by atoms with van der Waals surface area (Å²) in [5.74, 6) is 3.00. The number of likely N-dealkylation sites (N-methyl/N-ethyl adjacent to an activating group) is 1. The predicted octanol–water partition coefficient (Wildman–Crippen LogP) is 11.4. The van der Waals surface area contributed by atoms with E-state index in [1.807, 2.05) is 138 Å². The molecule has 30 heteroatoms. The van der Waals surface area contributed by atoms with E-state index < -0.39 is 0 Å². The first-order valence-electron chi connectivity index (χ1n) is 43.5. The molecule has 19 rings (SSSR count). The summed E-state index contributed by atoms with van der Waals surface area (Å²) in [6, 6.07) is 33.0. The summed E-state index contributed by atoms with van der Waals surface area (Å²) in [4.78, 5) is 94.8. The number of ether oxygens (including phenoxy) is 5. The second-order valence-corrected chi connectivity index (χ2v) is 33.3. The molecule has 5 aliphatic heterocycles. The summed E-state index contributed by atoms with van der Waals surface area (Å²) < 4.78 is 36.9. The van der Waals surface area contributed by atoms with Crippen LogP contribution in [0.2, 0.25) is 0 Å². The molecule has 5 aliphatic rings. The van der Waals surface area contributed by atoms with E-state index in [0.29, 0.717) is 97.8 Å². The SMILES string of the molecule is CCN1CCC(c2ccc3nc(-c4cc5c(C)nc(C)cn5n4)cc(=O)n3c2)CC1.CCc1cc(N2CCN3CCC[C@@H]3C2)cn2c(=O)cc(-c3ccc(OC)c(OC)c3)nc12.COCCNC1CCN(c2cc(C)c3nc(-c4ccc(OC)c(OC)c4)cc(=O)n3c2)CC1.Cc1cn2nc(-c3cc(=O)n4cc(N5CCN(C)CC5)cc(C)c4n3)cc2c(C)n1. The van der Waals surface area contributed by atoms with Crippen LogP contribution in [0, 0.1) is 41.5 Å². The van der Waals surface area contributed by atoms with Crippen LogP contribution >= 0.6 is 0 Å². The highest BCUT2D eigenvalue weighted by molar-refractivity contribution is 5.72. The van der Waals surface area contributed by atoms with Crippen molar-refractivity contribution in [2.45, 2.75) is 118 Å². The molecule has 0 unspecified atom stereocenters. The molecule has 30 nitrogen and oxygen atoms in total. The molecule has 0 aliphatic carbocycles. The standard InChI is InChI=1S/C25H32N4O4.C25H30N4O3.C23H26N6O.C22H25N7O/c1-17-13-20(28-10-7-19(8-11-28)26-9-12-31-2)16-29-24(30)15-21(27-25(17)29)18-5-6-22(32-3)23(14-18)33-4;1-4-17-12-20(28-11-10-27-9-5-6-19(27)15-28)16-29-24(30)14-21(26-25(17)29)18-7-8-22(31-2)23(13-18)32-3;1-4-27-9-7-17(8-10-27)18-5-6-22-25-19(12-23(30)28(22)14-18)20-11-21-16(3)24-15(2)13-29(21)26-20;1-14-9-17(27-7-5-26(4)6-8-27)13-28-21(30)11-18(24-22(14)28)19-10-20-16(3)23-15(2)12-29(20)25-19/h5-6,13-16,19,26H,7-12H2,1-4H3;7-8,12-14,16,19H,4-6,9-11,15H2,1-3H3;5-6,11-14,17H,4,7-10H2,1-3H3;9-13H,5-8H2,1-4H3/t;19-;;/m.1../s1. The summed E-state index contributed by atoms with van der Waals surface area (Å²) in [5.41, 5.74) is 20.7. The molecule has 2 aromatic carbocycles. The van der Waals surface area contributed by atoms with E-state index >= 15 is 0 Å². The van der Waals surface area contributed by atoms with E-state index in [-0.39, 0.29) is 22.2 Å². The molecule has 1 atom stereocenters. The van der Waals surface area contributed by atoms with Crippen molar-refractivity contribution >= 4 is 50.7 Å². The van der Waals surface area contributed by atoms with Crippen molar-refractivity contribution in [2.75, 3.05) is 156 Å². The van der Waals surface area contributed by atoms with Gasteiger partial charge in [0.2, 0.25) is 0 Å². The molecule has 0 amide bonds. The molecule has 652 valence electrons. The van der Waals surface area contributed by atoms with Gasteiger partial charge in [-0.1, -0.05) is 19.9 Å². The van der Waals surface area contributed by atoms with Crippen molar-refractivity contribution < 1.29 is 23.7 Å². The van der Waals surface area contributed by atoms with Gasteiger partial charge >= 0.3 is 0 Å². The minimum atomic E-state index is -0.106. The molecule has 125 heavy (non-hydrogen) atoms. The predicted molar refractivity (Wildman–Crippen MR) is 490 cm³/mol. The van der Waals surface area contributed by atoms with E-state index in [9.17, 15) is 19.2 Å². The first-order valence-corrected chi connectivity index (χ1v) is 43.5. The third-order valence-electron chi connectivity index (χ3n) is 25.1. The second-order valence-electron chi connectivity index (χ2n) is 33.3. The van der Waals surface area contributed by atoms with Gasteiger partial charge in [-0.2, -0.15) is 10.2 Å². The lowest BCUT2D eigenvalue weighted by atomic mass is 9.90. The third-order valence-corrected chi connectivity index (χ3v) is 25.1. The molecule has 1 N–H and O–H groups in total. The Bertz CT molecular complexity index is 6570. The summed E-state index contributed by atoms with van der Waals surface area (Å²) in [6.45, 7) is 31.3. The summed E-state index contributed by atoms with van der Waals surface area (Å²) in [6.07, 6.45) is 19.3. The number of piperazine rings is 2. The van der Waals surface area contributed by atoms with Gasteiger partial charge in [0.25, 0.3) is 22.2 Å². The van der Waals surface area contributed by atoms with E-state index in [1.54, 1.807) is 81.9 Å². The zero-order valence-electron chi connectivity index (χ0n) is 74.2. The molecular weight excluding hydrogens is 1580 g/mol. The Morgan fingerprint density at radius 1 is 0.432 bits per heavy atom. The van der Waals surface area contributed by atoms with Crippen LogP contribution < -0.4 is 61.2 Å². The number of rotatable bonds is 18. The molecule has 17 heterocycles. The van der Waals surface area contributed by atoms with E-state index in [2.05, 4.69) is 100 Å².